The quantitative estimate of drug-likeness (QED) is 0.914. The molecule has 1 atom stereocenters. The Labute approximate surface area is 135 Å². The van der Waals surface area contributed by atoms with E-state index < -0.39 is 11.6 Å². The van der Waals surface area contributed by atoms with E-state index in [0.717, 1.165) is 25.3 Å². The predicted molar refractivity (Wildman–Crippen MR) is 89.6 cm³/mol. The van der Waals surface area contributed by atoms with Gasteiger partial charge in [0.25, 0.3) is 0 Å². The standard InChI is InChI=1S/C19H22F2N2/c1-23(18-10-16(20)9-17(21)11-18)19(12-22)8-13-6-14-4-2-3-5-15(14)7-13/h2-5,9-11,13,19H,6-8,12,22H2,1H3. The molecule has 0 aliphatic heterocycles. The lowest BCUT2D eigenvalue weighted by Crippen LogP contribution is -2.39. The molecule has 2 nitrogen and oxygen atoms in total. The number of hydrogen-bond acceptors (Lipinski definition) is 2. The number of likely N-dealkylation sites (N-methyl/N-ethyl adjacent to an activating group) is 1. The summed E-state index contributed by atoms with van der Waals surface area (Å²) < 4.78 is 26.9. The normalized spacial score (nSPS) is 15.5. The molecule has 2 aromatic carbocycles. The lowest BCUT2D eigenvalue weighted by Gasteiger charge is -2.31. The first kappa shape index (κ1) is 15.9. The van der Waals surface area contributed by atoms with Gasteiger partial charge in [0.1, 0.15) is 11.6 Å². The first-order valence-corrected chi connectivity index (χ1v) is 8.02. The molecular formula is C19H22F2N2. The van der Waals surface area contributed by atoms with Gasteiger partial charge in [-0.3, -0.25) is 0 Å². The number of rotatable bonds is 5. The van der Waals surface area contributed by atoms with E-state index in [9.17, 15) is 8.78 Å². The second kappa shape index (κ2) is 6.67. The van der Waals surface area contributed by atoms with E-state index in [2.05, 4.69) is 24.3 Å². The highest BCUT2D eigenvalue weighted by Crippen LogP contribution is 2.31. The second-order valence-corrected chi connectivity index (χ2v) is 6.41. The summed E-state index contributed by atoms with van der Waals surface area (Å²) in [5.41, 5.74) is 9.30. The molecule has 0 bridgehead atoms. The van der Waals surface area contributed by atoms with Crippen LogP contribution in [0.25, 0.3) is 0 Å². The van der Waals surface area contributed by atoms with E-state index in [4.69, 9.17) is 5.73 Å². The maximum absolute atomic E-state index is 13.4. The number of benzene rings is 2. The Kier molecular flexibility index (Phi) is 4.62. The maximum Gasteiger partial charge on any atom is 0.128 e. The van der Waals surface area contributed by atoms with Crippen LogP contribution in [0.5, 0.6) is 0 Å². The number of nitrogens with two attached hydrogens (primary N) is 1. The molecule has 23 heavy (non-hydrogen) atoms. The molecule has 1 unspecified atom stereocenters. The highest BCUT2D eigenvalue weighted by molar-refractivity contribution is 5.47. The predicted octanol–water partition coefficient (Wildman–Crippen LogP) is 3.53. The van der Waals surface area contributed by atoms with E-state index in [-0.39, 0.29) is 6.04 Å². The number of anilines is 1. The van der Waals surface area contributed by atoms with Gasteiger partial charge in [-0.05, 0) is 48.4 Å². The summed E-state index contributed by atoms with van der Waals surface area (Å²) in [5, 5.41) is 0. The second-order valence-electron chi connectivity index (χ2n) is 6.41. The first-order valence-electron chi connectivity index (χ1n) is 8.02. The SMILES string of the molecule is CN(c1cc(F)cc(F)c1)C(CN)CC1Cc2ccccc2C1. The smallest absolute Gasteiger partial charge is 0.128 e. The Balaban J connectivity index is 1.71. The van der Waals surface area contributed by atoms with Gasteiger partial charge < -0.3 is 10.6 Å². The molecule has 0 aromatic heterocycles. The van der Waals surface area contributed by atoms with Crippen molar-refractivity contribution in [3.05, 3.63) is 65.2 Å². The minimum absolute atomic E-state index is 0.0653. The summed E-state index contributed by atoms with van der Waals surface area (Å²) in [6, 6.07) is 12.2. The van der Waals surface area contributed by atoms with Crippen LogP contribution in [0.2, 0.25) is 0 Å². The van der Waals surface area contributed by atoms with Gasteiger partial charge in [0.2, 0.25) is 0 Å². The van der Waals surface area contributed by atoms with Crippen molar-refractivity contribution in [1.29, 1.82) is 0 Å². The molecule has 0 saturated carbocycles. The first-order chi connectivity index (χ1) is 11.1. The van der Waals surface area contributed by atoms with E-state index >= 15 is 0 Å². The van der Waals surface area contributed by atoms with E-state index in [0.29, 0.717) is 18.2 Å². The van der Waals surface area contributed by atoms with Crippen LogP contribution in [0.4, 0.5) is 14.5 Å². The molecule has 3 rings (SSSR count). The Morgan fingerprint density at radius 2 is 1.65 bits per heavy atom. The van der Waals surface area contributed by atoms with Crippen LogP contribution in [-0.4, -0.2) is 19.6 Å². The molecule has 0 spiro atoms. The minimum atomic E-state index is -0.559. The van der Waals surface area contributed by atoms with E-state index in [1.54, 1.807) is 0 Å². The number of fused-ring (bicyclic) bond motifs is 1. The van der Waals surface area contributed by atoms with Gasteiger partial charge in [0.15, 0.2) is 0 Å². The fourth-order valence-electron chi connectivity index (χ4n) is 3.57. The fraction of sp³-hybridized carbons (Fsp3) is 0.368. The average molecular weight is 316 g/mol. The van der Waals surface area contributed by atoms with Crippen molar-refractivity contribution in [2.45, 2.75) is 25.3 Å². The molecule has 0 heterocycles. The minimum Gasteiger partial charge on any atom is -0.370 e. The number of nitrogens with zero attached hydrogens (tertiary/aromatic N) is 1. The highest BCUT2D eigenvalue weighted by Gasteiger charge is 2.25. The monoisotopic (exact) mass is 316 g/mol. The Hall–Kier alpha value is -1.94. The van der Waals surface area contributed by atoms with Crippen molar-refractivity contribution in [2.24, 2.45) is 11.7 Å². The summed E-state index contributed by atoms with van der Waals surface area (Å²) in [4.78, 5) is 1.90. The Morgan fingerprint density at radius 1 is 1.09 bits per heavy atom. The van der Waals surface area contributed by atoms with Crippen LogP contribution >= 0.6 is 0 Å². The van der Waals surface area contributed by atoms with Gasteiger partial charge in [-0.2, -0.15) is 0 Å². The summed E-state index contributed by atoms with van der Waals surface area (Å²) in [6.45, 7) is 0.460. The maximum atomic E-state index is 13.4. The van der Waals surface area contributed by atoms with Gasteiger partial charge in [-0.1, -0.05) is 24.3 Å². The summed E-state index contributed by atoms with van der Waals surface area (Å²) >= 11 is 0. The molecular weight excluding hydrogens is 294 g/mol. The molecule has 4 heteroatoms. The van der Waals surface area contributed by atoms with E-state index in [1.807, 2.05) is 11.9 Å². The van der Waals surface area contributed by atoms with Gasteiger partial charge >= 0.3 is 0 Å². The fourth-order valence-corrected chi connectivity index (χ4v) is 3.57. The van der Waals surface area contributed by atoms with Crippen molar-refractivity contribution < 1.29 is 8.78 Å². The lowest BCUT2D eigenvalue weighted by atomic mass is 9.96. The van der Waals surface area contributed by atoms with Crippen LogP contribution in [0, 0.1) is 17.6 Å². The van der Waals surface area contributed by atoms with Gasteiger partial charge in [0.05, 0.1) is 0 Å². The Morgan fingerprint density at radius 3 is 2.17 bits per heavy atom. The largest absolute Gasteiger partial charge is 0.370 e. The van der Waals surface area contributed by atoms with Crippen LogP contribution in [-0.2, 0) is 12.8 Å². The van der Waals surface area contributed by atoms with Crippen molar-refractivity contribution in [2.75, 3.05) is 18.5 Å². The highest BCUT2D eigenvalue weighted by atomic mass is 19.1. The van der Waals surface area contributed by atoms with Crippen LogP contribution in [0.1, 0.15) is 17.5 Å². The summed E-state index contributed by atoms with van der Waals surface area (Å²) in [7, 11) is 1.85. The molecule has 1 aliphatic carbocycles. The molecule has 0 radical (unpaired) electrons. The van der Waals surface area contributed by atoms with Crippen LogP contribution < -0.4 is 10.6 Å². The van der Waals surface area contributed by atoms with Crippen molar-refractivity contribution in [1.82, 2.24) is 0 Å². The zero-order chi connectivity index (χ0) is 16.4. The van der Waals surface area contributed by atoms with Crippen molar-refractivity contribution >= 4 is 5.69 Å². The average Bonchev–Trinajstić information content (AvgIpc) is 2.93. The molecule has 0 saturated heterocycles. The zero-order valence-corrected chi connectivity index (χ0v) is 13.3. The summed E-state index contributed by atoms with van der Waals surface area (Å²) in [5.74, 6) is -0.589. The zero-order valence-electron chi connectivity index (χ0n) is 13.3. The number of halogens is 2. The van der Waals surface area contributed by atoms with E-state index in [1.165, 1.54) is 23.3 Å². The molecule has 2 N–H and O–H groups in total. The third kappa shape index (κ3) is 3.53. The Bertz CT molecular complexity index is 642. The third-order valence-corrected chi connectivity index (χ3v) is 4.82. The van der Waals surface area contributed by atoms with Gasteiger partial charge in [-0.15, -0.1) is 0 Å². The third-order valence-electron chi connectivity index (χ3n) is 4.82. The van der Waals surface area contributed by atoms with Gasteiger partial charge in [-0.25, -0.2) is 8.78 Å². The van der Waals surface area contributed by atoms with Crippen LogP contribution in [0.15, 0.2) is 42.5 Å². The topological polar surface area (TPSA) is 29.3 Å². The van der Waals surface area contributed by atoms with Gasteiger partial charge in [0, 0.05) is 31.4 Å². The molecule has 122 valence electrons. The van der Waals surface area contributed by atoms with Crippen molar-refractivity contribution in [3.63, 3.8) is 0 Å². The lowest BCUT2D eigenvalue weighted by molar-refractivity contribution is 0.442. The molecule has 0 fully saturated rings. The van der Waals surface area contributed by atoms with Crippen molar-refractivity contribution in [3.8, 4) is 0 Å². The molecule has 2 aromatic rings. The summed E-state index contributed by atoms with van der Waals surface area (Å²) in [6.07, 6.45) is 3.02. The van der Waals surface area contributed by atoms with Crippen LogP contribution in [0.3, 0.4) is 0 Å². The molecule has 0 amide bonds. The number of hydrogen-bond donors (Lipinski definition) is 1. The molecule has 1 aliphatic rings.